The van der Waals surface area contributed by atoms with Crippen LogP contribution in [0.4, 0.5) is 4.79 Å². The van der Waals surface area contributed by atoms with Gasteiger partial charge < -0.3 is 10.1 Å². The van der Waals surface area contributed by atoms with E-state index in [0.29, 0.717) is 6.61 Å². The Morgan fingerprint density at radius 2 is 2.38 bits per heavy atom. The summed E-state index contributed by atoms with van der Waals surface area (Å²) in [6.07, 6.45) is -0.417. The lowest BCUT2D eigenvalue weighted by Gasteiger charge is -2.03. The van der Waals surface area contributed by atoms with Crippen LogP contribution in [0.5, 0.6) is 0 Å². The third-order valence-electron chi connectivity index (χ3n) is 1.46. The summed E-state index contributed by atoms with van der Waals surface area (Å²) in [6, 6.07) is 7.62. The Hall–Kier alpha value is -1.03. The first kappa shape index (κ1) is 10.1. The predicted molar refractivity (Wildman–Crippen MR) is 53.4 cm³/mol. The zero-order valence-corrected chi connectivity index (χ0v) is 8.80. The number of nitrogens with one attached hydrogen (secondary N) is 1. The highest BCUT2D eigenvalue weighted by molar-refractivity contribution is 9.10. The smallest absolute Gasteiger partial charge is 0.407 e. The van der Waals surface area contributed by atoms with E-state index in [4.69, 9.17) is 4.74 Å². The number of hydrogen-bond donors (Lipinski definition) is 1. The third kappa shape index (κ3) is 3.46. The van der Waals surface area contributed by atoms with Gasteiger partial charge in [-0.1, -0.05) is 28.1 Å². The fraction of sp³-hybridized carbons (Fsp3) is 0.222. The molecular formula is C9H10BrNO2. The Morgan fingerprint density at radius 3 is 3.00 bits per heavy atom. The highest BCUT2D eigenvalue weighted by Gasteiger charge is 1.98. The molecule has 0 atom stereocenters. The van der Waals surface area contributed by atoms with Gasteiger partial charge in [0.25, 0.3) is 0 Å². The molecule has 0 aliphatic heterocycles. The van der Waals surface area contributed by atoms with E-state index >= 15 is 0 Å². The summed E-state index contributed by atoms with van der Waals surface area (Å²) in [5.74, 6) is 0. The SMILES string of the molecule is CNC(=O)OCc1cccc(Br)c1. The van der Waals surface area contributed by atoms with Gasteiger partial charge in [-0.2, -0.15) is 0 Å². The molecule has 0 saturated carbocycles. The lowest BCUT2D eigenvalue weighted by molar-refractivity contribution is 0.142. The van der Waals surface area contributed by atoms with Crippen molar-refractivity contribution in [2.45, 2.75) is 6.61 Å². The van der Waals surface area contributed by atoms with Crippen molar-refractivity contribution in [3.8, 4) is 0 Å². The summed E-state index contributed by atoms with van der Waals surface area (Å²) in [4.78, 5) is 10.7. The lowest BCUT2D eigenvalue weighted by atomic mass is 10.2. The number of ether oxygens (including phenoxy) is 1. The second-order valence-corrected chi connectivity index (χ2v) is 3.37. The van der Waals surface area contributed by atoms with Gasteiger partial charge in [0, 0.05) is 11.5 Å². The van der Waals surface area contributed by atoms with E-state index < -0.39 is 6.09 Å². The van der Waals surface area contributed by atoms with Crippen molar-refractivity contribution in [2.75, 3.05) is 7.05 Å². The zero-order chi connectivity index (χ0) is 9.68. The molecule has 70 valence electrons. The van der Waals surface area contributed by atoms with Gasteiger partial charge in [0.1, 0.15) is 6.61 Å². The molecule has 0 heterocycles. The molecule has 1 rings (SSSR count). The molecule has 3 nitrogen and oxygen atoms in total. The highest BCUT2D eigenvalue weighted by Crippen LogP contribution is 2.12. The normalized spacial score (nSPS) is 9.38. The molecule has 13 heavy (non-hydrogen) atoms. The van der Waals surface area contributed by atoms with E-state index in [0.717, 1.165) is 10.0 Å². The molecule has 0 bridgehead atoms. The van der Waals surface area contributed by atoms with Gasteiger partial charge in [0.05, 0.1) is 0 Å². The molecule has 0 aliphatic rings. The summed E-state index contributed by atoms with van der Waals surface area (Å²) < 4.78 is 5.84. The van der Waals surface area contributed by atoms with Crippen molar-refractivity contribution in [3.05, 3.63) is 34.3 Å². The van der Waals surface area contributed by atoms with Crippen LogP contribution in [-0.2, 0) is 11.3 Å². The number of carbonyl (C=O) groups is 1. The molecule has 1 aromatic rings. The summed E-state index contributed by atoms with van der Waals surface area (Å²) in [6.45, 7) is 0.291. The number of alkyl carbamates (subject to hydrolysis) is 1. The Bertz CT molecular complexity index is 301. The van der Waals surface area contributed by atoms with Gasteiger partial charge in [-0.25, -0.2) is 4.79 Å². The summed E-state index contributed by atoms with van der Waals surface area (Å²) in [5.41, 5.74) is 0.956. The number of amides is 1. The van der Waals surface area contributed by atoms with E-state index in [1.165, 1.54) is 7.05 Å². The minimum atomic E-state index is -0.417. The van der Waals surface area contributed by atoms with Crippen LogP contribution in [0.15, 0.2) is 28.7 Å². The van der Waals surface area contributed by atoms with Crippen LogP contribution in [0, 0.1) is 0 Å². The van der Waals surface area contributed by atoms with Crippen molar-refractivity contribution in [3.63, 3.8) is 0 Å². The van der Waals surface area contributed by atoms with E-state index in [1.54, 1.807) is 0 Å². The number of rotatable bonds is 2. The van der Waals surface area contributed by atoms with Crippen LogP contribution in [-0.4, -0.2) is 13.1 Å². The van der Waals surface area contributed by atoms with Crippen LogP contribution in [0.1, 0.15) is 5.56 Å². The summed E-state index contributed by atoms with van der Waals surface area (Å²) in [5, 5.41) is 2.38. The molecule has 1 N–H and O–H groups in total. The van der Waals surface area contributed by atoms with Crippen LogP contribution < -0.4 is 5.32 Å². The first-order chi connectivity index (χ1) is 6.22. The average Bonchev–Trinajstić information content (AvgIpc) is 2.14. The first-order valence-corrected chi connectivity index (χ1v) is 4.60. The average molecular weight is 244 g/mol. The highest BCUT2D eigenvalue weighted by atomic mass is 79.9. The number of benzene rings is 1. The van der Waals surface area contributed by atoms with E-state index in [-0.39, 0.29) is 0 Å². The van der Waals surface area contributed by atoms with E-state index in [2.05, 4.69) is 21.2 Å². The zero-order valence-electron chi connectivity index (χ0n) is 7.21. The van der Waals surface area contributed by atoms with Gasteiger partial charge in [-0.05, 0) is 17.7 Å². The summed E-state index contributed by atoms with van der Waals surface area (Å²) >= 11 is 3.33. The van der Waals surface area contributed by atoms with Crippen molar-refractivity contribution in [1.29, 1.82) is 0 Å². The second kappa shape index (κ2) is 4.87. The van der Waals surface area contributed by atoms with E-state index in [9.17, 15) is 4.79 Å². The minimum Gasteiger partial charge on any atom is -0.445 e. The molecule has 0 saturated heterocycles. The maximum Gasteiger partial charge on any atom is 0.407 e. The van der Waals surface area contributed by atoms with Gasteiger partial charge in [-0.15, -0.1) is 0 Å². The Kier molecular flexibility index (Phi) is 3.76. The maximum atomic E-state index is 10.7. The quantitative estimate of drug-likeness (QED) is 0.866. The Labute approximate surface area is 85.2 Å². The molecule has 1 aromatic carbocycles. The van der Waals surface area contributed by atoms with Crippen LogP contribution in [0.25, 0.3) is 0 Å². The fourth-order valence-corrected chi connectivity index (χ4v) is 1.29. The molecule has 1 amide bonds. The van der Waals surface area contributed by atoms with Crippen LogP contribution in [0.3, 0.4) is 0 Å². The van der Waals surface area contributed by atoms with Crippen molar-refractivity contribution in [1.82, 2.24) is 5.32 Å². The molecular weight excluding hydrogens is 234 g/mol. The molecule has 0 aromatic heterocycles. The van der Waals surface area contributed by atoms with Crippen LogP contribution >= 0.6 is 15.9 Å². The first-order valence-electron chi connectivity index (χ1n) is 3.81. The predicted octanol–water partition coefficient (Wildman–Crippen LogP) is 2.31. The number of carbonyl (C=O) groups excluding carboxylic acids is 1. The molecule has 0 spiro atoms. The number of halogens is 1. The van der Waals surface area contributed by atoms with Crippen molar-refractivity contribution in [2.24, 2.45) is 0 Å². The monoisotopic (exact) mass is 243 g/mol. The van der Waals surface area contributed by atoms with Crippen molar-refractivity contribution < 1.29 is 9.53 Å². The Balaban J connectivity index is 2.50. The van der Waals surface area contributed by atoms with Gasteiger partial charge in [0.2, 0.25) is 0 Å². The maximum absolute atomic E-state index is 10.7. The molecule has 0 radical (unpaired) electrons. The molecule has 0 fully saturated rings. The van der Waals surface area contributed by atoms with E-state index in [1.807, 2.05) is 24.3 Å². The topological polar surface area (TPSA) is 38.3 Å². The number of hydrogen-bond acceptors (Lipinski definition) is 2. The van der Waals surface area contributed by atoms with Crippen LogP contribution in [0.2, 0.25) is 0 Å². The molecule has 4 heteroatoms. The minimum absolute atomic E-state index is 0.291. The molecule has 0 unspecified atom stereocenters. The van der Waals surface area contributed by atoms with Gasteiger partial charge in [-0.3, -0.25) is 0 Å². The second-order valence-electron chi connectivity index (χ2n) is 2.46. The van der Waals surface area contributed by atoms with Gasteiger partial charge >= 0.3 is 6.09 Å². The Morgan fingerprint density at radius 1 is 1.62 bits per heavy atom. The summed E-state index contributed by atoms with van der Waals surface area (Å²) in [7, 11) is 1.53. The van der Waals surface area contributed by atoms with Crippen molar-refractivity contribution >= 4 is 22.0 Å². The third-order valence-corrected chi connectivity index (χ3v) is 1.96. The fourth-order valence-electron chi connectivity index (χ4n) is 0.848. The largest absolute Gasteiger partial charge is 0.445 e. The standard InChI is InChI=1S/C9H10BrNO2/c1-11-9(12)13-6-7-3-2-4-8(10)5-7/h2-5H,6H2,1H3,(H,11,12). The molecule has 0 aliphatic carbocycles. The lowest BCUT2D eigenvalue weighted by Crippen LogP contribution is -2.18. The van der Waals surface area contributed by atoms with Gasteiger partial charge in [0.15, 0.2) is 0 Å².